The molecule has 0 bridgehead atoms. The van der Waals surface area contributed by atoms with Gasteiger partial charge < -0.3 is 16.0 Å². The van der Waals surface area contributed by atoms with Crippen LogP contribution in [0.25, 0.3) is 0 Å². The molecule has 3 N–H and O–H groups in total. The highest BCUT2D eigenvalue weighted by atomic mass is 19.4. The van der Waals surface area contributed by atoms with Gasteiger partial charge in [-0.05, 0) is 43.2 Å². The van der Waals surface area contributed by atoms with Crippen LogP contribution in [0.2, 0.25) is 0 Å². The van der Waals surface area contributed by atoms with Crippen LogP contribution in [0.15, 0.2) is 48.5 Å². The third-order valence-corrected chi connectivity index (χ3v) is 5.60. The SMILES string of the molecule is O=Cc1ccc(C(=O)N[C@H]2CCCC[C@H]2NC(=O)CNC(=O)c2cccc(C(F)(F)F)c2)cc1. The van der Waals surface area contributed by atoms with Gasteiger partial charge in [-0.25, -0.2) is 0 Å². The number of carbonyl (C=O) groups is 4. The van der Waals surface area contributed by atoms with E-state index >= 15 is 0 Å². The van der Waals surface area contributed by atoms with Crippen molar-refractivity contribution in [2.24, 2.45) is 0 Å². The van der Waals surface area contributed by atoms with Crippen LogP contribution in [-0.2, 0) is 11.0 Å². The van der Waals surface area contributed by atoms with Gasteiger partial charge >= 0.3 is 6.18 Å². The first kappa shape index (κ1) is 24.9. The van der Waals surface area contributed by atoms with Gasteiger partial charge in [-0.1, -0.05) is 31.0 Å². The van der Waals surface area contributed by atoms with Crippen LogP contribution in [0.4, 0.5) is 13.2 Å². The van der Waals surface area contributed by atoms with Crippen molar-refractivity contribution in [3.63, 3.8) is 0 Å². The standard InChI is InChI=1S/C24H24F3N3O4/c25-24(26,27)18-5-3-4-17(12-18)22(33)28-13-21(32)29-19-6-1-2-7-20(19)30-23(34)16-10-8-15(14-31)9-11-16/h3-5,8-12,14,19-20H,1-2,6-7,13H2,(H,28,33)(H,29,32)(H,30,34)/t19-,20+/m1/s1. The van der Waals surface area contributed by atoms with Gasteiger partial charge in [0.25, 0.3) is 11.8 Å². The van der Waals surface area contributed by atoms with E-state index in [1.807, 2.05) is 0 Å². The monoisotopic (exact) mass is 475 g/mol. The summed E-state index contributed by atoms with van der Waals surface area (Å²) < 4.78 is 38.5. The van der Waals surface area contributed by atoms with Crippen LogP contribution in [-0.4, -0.2) is 42.6 Å². The molecule has 3 amide bonds. The molecular formula is C24H24F3N3O4. The second-order valence-electron chi connectivity index (χ2n) is 8.04. The maximum absolute atomic E-state index is 12.8. The number of alkyl halides is 3. The molecule has 1 aliphatic rings. The molecule has 0 aromatic heterocycles. The second-order valence-corrected chi connectivity index (χ2v) is 8.04. The zero-order chi connectivity index (χ0) is 24.7. The van der Waals surface area contributed by atoms with Crippen molar-refractivity contribution in [2.45, 2.75) is 43.9 Å². The molecule has 2 atom stereocenters. The molecule has 0 aliphatic heterocycles. The third-order valence-electron chi connectivity index (χ3n) is 5.60. The fourth-order valence-electron chi connectivity index (χ4n) is 3.80. The number of carbonyl (C=O) groups excluding carboxylic acids is 4. The predicted octanol–water partition coefficient (Wildman–Crippen LogP) is 3.11. The summed E-state index contributed by atoms with van der Waals surface area (Å²) in [6.45, 7) is -0.417. The zero-order valence-electron chi connectivity index (χ0n) is 18.2. The second kappa shape index (κ2) is 11.0. The lowest BCUT2D eigenvalue weighted by Gasteiger charge is -2.33. The summed E-state index contributed by atoms with van der Waals surface area (Å²) in [7, 11) is 0. The van der Waals surface area contributed by atoms with Gasteiger partial charge in [0.1, 0.15) is 6.29 Å². The van der Waals surface area contributed by atoms with Gasteiger partial charge in [0, 0.05) is 28.8 Å². The minimum absolute atomic E-state index is 0.203. The maximum atomic E-state index is 12.8. The molecule has 3 rings (SSSR count). The van der Waals surface area contributed by atoms with Gasteiger partial charge in [0.15, 0.2) is 0 Å². The summed E-state index contributed by atoms with van der Waals surface area (Å²) in [5.74, 6) is -1.64. The molecule has 180 valence electrons. The molecule has 7 nitrogen and oxygen atoms in total. The highest BCUT2D eigenvalue weighted by Gasteiger charge is 2.31. The van der Waals surface area contributed by atoms with Crippen molar-refractivity contribution in [3.05, 3.63) is 70.8 Å². The van der Waals surface area contributed by atoms with Crippen molar-refractivity contribution >= 4 is 24.0 Å². The summed E-state index contributed by atoms with van der Waals surface area (Å²) in [6.07, 6.45) is -0.900. The molecule has 1 fully saturated rings. The largest absolute Gasteiger partial charge is 0.416 e. The first-order valence-corrected chi connectivity index (χ1v) is 10.8. The molecule has 0 unspecified atom stereocenters. The van der Waals surface area contributed by atoms with Gasteiger partial charge in [-0.3, -0.25) is 19.2 Å². The summed E-state index contributed by atoms with van der Waals surface area (Å²) in [5.41, 5.74) is -0.321. The number of nitrogens with one attached hydrogen (secondary N) is 3. The fraction of sp³-hybridized carbons (Fsp3) is 0.333. The number of halogens is 3. The Hall–Kier alpha value is -3.69. The minimum atomic E-state index is -4.58. The number of rotatable bonds is 7. The Morgan fingerprint density at radius 1 is 0.882 bits per heavy atom. The van der Waals surface area contributed by atoms with E-state index in [-0.39, 0.29) is 23.6 Å². The highest BCUT2D eigenvalue weighted by molar-refractivity contribution is 5.97. The van der Waals surface area contributed by atoms with E-state index in [1.54, 1.807) is 12.1 Å². The zero-order valence-corrected chi connectivity index (χ0v) is 18.2. The Morgan fingerprint density at radius 3 is 2.15 bits per heavy atom. The molecule has 1 aliphatic carbocycles. The van der Waals surface area contributed by atoms with E-state index in [1.165, 1.54) is 18.2 Å². The smallest absolute Gasteiger partial charge is 0.350 e. The summed E-state index contributed by atoms with van der Waals surface area (Å²) in [6, 6.07) is 9.41. The molecule has 2 aromatic rings. The Bertz CT molecular complexity index is 1050. The Balaban J connectivity index is 1.54. The number of hydrogen-bond acceptors (Lipinski definition) is 4. The summed E-state index contributed by atoms with van der Waals surface area (Å²) in [5, 5.41) is 8.02. The molecule has 0 spiro atoms. The quantitative estimate of drug-likeness (QED) is 0.536. The molecule has 0 saturated heterocycles. The highest BCUT2D eigenvalue weighted by Crippen LogP contribution is 2.29. The maximum Gasteiger partial charge on any atom is 0.416 e. The topological polar surface area (TPSA) is 104 Å². The van der Waals surface area contributed by atoms with Crippen molar-refractivity contribution < 1.29 is 32.3 Å². The first-order chi connectivity index (χ1) is 16.2. The van der Waals surface area contributed by atoms with Crippen molar-refractivity contribution in [1.29, 1.82) is 0 Å². The van der Waals surface area contributed by atoms with Gasteiger partial charge in [-0.2, -0.15) is 13.2 Å². The van der Waals surface area contributed by atoms with Crippen molar-refractivity contribution in [1.82, 2.24) is 16.0 Å². The molecule has 34 heavy (non-hydrogen) atoms. The number of hydrogen-bond donors (Lipinski definition) is 3. The van der Waals surface area contributed by atoms with Gasteiger partial charge in [0.05, 0.1) is 12.1 Å². The van der Waals surface area contributed by atoms with Crippen LogP contribution in [0.3, 0.4) is 0 Å². The molecule has 1 saturated carbocycles. The molecule has 2 aromatic carbocycles. The van der Waals surface area contributed by atoms with Crippen LogP contribution in [0.5, 0.6) is 0 Å². The van der Waals surface area contributed by atoms with Crippen molar-refractivity contribution in [2.75, 3.05) is 6.54 Å². The van der Waals surface area contributed by atoms with Crippen molar-refractivity contribution in [3.8, 4) is 0 Å². The normalized spacial score (nSPS) is 18.0. The predicted molar refractivity (Wildman–Crippen MR) is 117 cm³/mol. The first-order valence-electron chi connectivity index (χ1n) is 10.8. The van der Waals surface area contributed by atoms with Gasteiger partial charge in [-0.15, -0.1) is 0 Å². The van der Waals surface area contributed by atoms with Crippen LogP contribution in [0, 0.1) is 0 Å². The lowest BCUT2D eigenvalue weighted by atomic mass is 9.90. The molecule has 0 heterocycles. The lowest BCUT2D eigenvalue weighted by molar-refractivity contribution is -0.137. The summed E-state index contributed by atoms with van der Waals surface area (Å²) in [4.78, 5) is 47.9. The Labute approximate surface area is 194 Å². The lowest BCUT2D eigenvalue weighted by Crippen LogP contribution is -2.54. The molecular weight excluding hydrogens is 451 g/mol. The van der Waals surface area contributed by atoms with Crippen LogP contribution in [0.1, 0.15) is 62.3 Å². The molecule has 0 radical (unpaired) electrons. The average Bonchev–Trinajstić information content (AvgIpc) is 2.83. The third kappa shape index (κ3) is 6.66. The van der Waals surface area contributed by atoms with Crippen LogP contribution >= 0.6 is 0 Å². The van der Waals surface area contributed by atoms with E-state index in [0.717, 1.165) is 31.0 Å². The fourth-order valence-corrected chi connectivity index (χ4v) is 3.80. The Morgan fingerprint density at radius 2 is 1.53 bits per heavy atom. The van der Waals surface area contributed by atoms with Crippen LogP contribution < -0.4 is 16.0 Å². The molecule has 10 heteroatoms. The minimum Gasteiger partial charge on any atom is -0.350 e. The Kier molecular flexibility index (Phi) is 8.04. The van der Waals surface area contributed by atoms with Gasteiger partial charge in [0.2, 0.25) is 5.91 Å². The number of aldehydes is 1. The average molecular weight is 475 g/mol. The van der Waals surface area contributed by atoms with E-state index in [0.29, 0.717) is 30.3 Å². The van der Waals surface area contributed by atoms with E-state index in [4.69, 9.17) is 0 Å². The number of amides is 3. The van der Waals surface area contributed by atoms with E-state index < -0.39 is 30.1 Å². The van der Waals surface area contributed by atoms with E-state index in [9.17, 15) is 32.3 Å². The van der Waals surface area contributed by atoms with E-state index in [2.05, 4.69) is 16.0 Å². The number of benzene rings is 2. The summed E-state index contributed by atoms with van der Waals surface area (Å²) >= 11 is 0.